The number of methoxy groups -OCH3 is 2. The van der Waals surface area contributed by atoms with Crippen molar-refractivity contribution in [3.63, 3.8) is 0 Å². The average Bonchev–Trinajstić information content (AvgIpc) is 3.08. The summed E-state index contributed by atoms with van der Waals surface area (Å²) in [5, 5.41) is 11.6. The van der Waals surface area contributed by atoms with E-state index in [2.05, 4.69) is 17.9 Å². The molecule has 48 heavy (non-hydrogen) atoms. The maximum absolute atomic E-state index is 13.8. The van der Waals surface area contributed by atoms with Crippen LogP contribution < -0.4 is 9.64 Å². The molecular weight excluding hydrogens is 632 g/mol. The number of β-amino-alcohol motifs (C(OH)–C–C–N with tert-alkyl or cyclic N) is 1. The Morgan fingerprint density at radius 3 is 2.42 bits per heavy atom. The van der Waals surface area contributed by atoms with E-state index >= 15 is 0 Å². The Morgan fingerprint density at radius 1 is 0.938 bits per heavy atom. The Balaban J connectivity index is 1.35. The van der Waals surface area contributed by atoms with Crippen molar-refractivity contribution in [2.75, 3.05) is 71.7 Å². The van der Waals surface area contributed by atoms with E-state index in [1.165, 1.54) is 4.31 Å². The van der Waals surface area contributed by atoms with Crippen LogP contribution in [-0.2, 0) is 42.2 Å². The molecule has 262 valence electrons. The van der Waals surface area contributed by atoms with Crippen LogP contribution in [0.1, 0.15) is 41.5 Å². The summed E-state index contributed by atoms with van der Waals surface area (Å²) in [7, 11) is -0.464. The number of fused-ring (bicyclic) bond motifs is 1. The van der Waals surface area contributed by atoms with Gasteiger partial charge in [0, 0.05) is 52.3 Å². The first kappa shape index (κ1) is 36.3. The Bertz CT molecular complexity index is 1550. The highest BCUT2D eigenvalue weighted by molar-refractivity contribution is 7.89. The van der Waals surface area contributed by atoms with Crippen LogP contribution in [0.25, 0.3) is 0 Å². The lowest BCUT2D eigenvalue weighted by Crippen LogP contribution is -2.53. The molecule has 0 bridgehead atoms. The van der Waals surface area contributed by atoms with Crippen molar-refractivity contribution >= 4 is 15.7 Å². The van der Waals surface area contributed by atoms with E-state index < -0.39 is 28.1 Å². The number of sulfonamides is 1. The van der Waals surface area contributed by atoms with Gasteiger partial charge in [0.25, 0.3) is 0 Å². The second-order valence-corrected chi connectivity index (χ2v) is 14.8. The Kier molecular flexibility index (Phi) is 12.9. The number of nitrogens with zero attached hydrogens (tertiary/aromatic N) is 2. The van der Waals surface area contributed by atoms with Gasteiger partial charge in [0.15, 0.2) is 0 Å². The van der Waals surface area contributed by atoms with Gasteiger partial charge in [-0.2, -0.15) is 4.31 Å². The maximum Gasteiger partial charge on any atom is 0.243 e. The van der Waals surface area contributed by atoms with E-state index in [0.29, 0.717) is 39.0 Å². The molecule has 2 aliphatic heterocycles. The third-order valence-corrected chi connectivity index (χ3v) is 10.8. The Hall–Kier alpha value is -3.03. The molecule has 11 heteroatoms. The number of aryl methyl sites for hydroxylation is 1. The summed E-state index contributed by atoms with van der Waals surface area (Å²) in [5.41, 5.74) is 4.83. The minimum absolute atomic E-state index is 0.0321. The van der Waals surface area contributed by atoms with Crippen molar-refractivity contribution in [1.82, 2.24) is 4.31 Å². The number of piperidine rings is 1. The minimum atomic E-state index is -3.86. The summed E-state index contributed by atoms with van der Waals surface area (Å²) in [6.45, 7) is 8.97. The summed E-state index contributed by atoms with van der Waals surface area (Å²) < 4.78 is 57.7. The number of hydrogen-bond donors (Lipinski definition) is 1. The second-order valence-electron chi connectivity index (χ2n) is 12.9. The largest absolute Gasteiger partial charge is 0.490 e. The van der Waals surface area contributed by atoms with Crippen molar-refractivity contribution in [3.8, 4) is 5.75 Å². The molecule has 0 aromatic heterocycles. The highest BCUT2D eigenvalue weighted by atomic mass is 32.2. The minimum Gasteiger partial charge on any atom is -0.490 e. The zero-order valence-corrected chi connectivity index (χ0v) is 29.4. The van der Waals surface area contributed by atoms with Gasteiger partial charge in [-0.15, -0.1) is 0 Å². The van der Waals surface area contributed by atoms with E-state index in [4.69, 9.17) is 23.7 Å². The average molecular weight is 683 g/mol. The summed E-state index contributed by atoms with van der Waals surface area (Å²) in [6.07, 6.45) is -0.674. The van der Waals surface area contributed by atoms with E-state index in [-0.39, 0.29) is 24.6 Å². The van der Waals surface area contributed by atoms with Crippen LogP contribution in [0.4, 0.5) is 5.69 Å². The Labute approximate surface area is 285 Å². The van der Waals surface area contributed by atoms with Crippen LogP contribution in [-0.4, -0.2) is 96.9 Å². The highest BCUT2D eigenvalue weighted by Crippen LogP contribution is 2.36. The van der Waals surface area contributed by atoms with Crippen molar-refractivity contribution in [3.05, 3.63) is 89.0 Å². The standard InChI is InChI=1S/C37H50N2O8S/c1-27-6-13-32(14-7-27)48(41,42)39-21-34(40)37(31-11-8-29(9-12-31)25-45-24-28(2)23-44-4)36(22-39)47-26-30-10-15-35-33(20-30)38(17-19-46-35)16-5-18-43-3/h6-15,20,28,34,36-37,40H,5,16-19,21-26H2,1-4H3/t28-,34+,36-,37-/m0/s1. The van der Waals surface area contributed by atoms with Crippen LogP contribution >= 0.6 is 0 Å². The summed E-state index contributed by atoms with van der Waals surface area (Å²) in [6, 6.07) is 20.8. The highest BCUT2D eigenvalue weighted by Gasteiger charge is 2.42. The van der Waals surface area contributed by atoms with Gasteiger partial charge < -0.3 is 33.7 Å². The number of aliphatic hydroxyl groups is 1. The smallest absolute Gasteiger partial charge is 0.243 e. The van der Waals surface area contributed by atoms with Gasteiger partial charge in [0.05, 0.1) is 55.8 Å². The van der Waals surface area contributed by atoms with Gasteiger partial charge in [-0.05, 0) is 54.3 Å². The van der Waals surface area contributed by atoms with Crippen molar-refractivity contribution < 1.29 is 37.2 Å². The van der Waals surface area contributed by atoms with E-state index in [0.717, 1.165) is 53.2 Å². The number of rotatable bonds is 16. The fraction of sp³-hybridized carbons (Fsp3) is 0.514. The molecule has 2 heterocycles. The first-order valence-electron chi connectivity index (χ1n) is 16.7. The summed E-state index contributed by atoms with van der Waals surface area (Å²) in [5.74, 6) is 0.698. The van der Waals surface area contributed by atoms with E-state index in [9.17, 15) is 13.5 Å². The van der Waals surface area contributed by atoms with Crippen molar-refractivity contribution in [2.45, 2.75) is 56.5 Å². The molecule has 10 nitrogen and oxygen atoms in total. The lowest BCUT2D eigenvalue weighted by Gasteiger charge is -2.41. The molecular formula is C37H50N2O8S. The molecule has 5 rings (SSSR count). The first-order chi connectivity index (χ1) is 23.2. The lowest BCUT2D eigenvalue weighted by atomic mass is 9.85. The van der Waals surface area contributed by atoms with Gasteiger partial charge in [-0.1, -0.05) is 55.0 Å². The molecule has 0 spiro atoms. The first-order valence-corrected chi connectivity index (χ1v) is 18.1. The van der Waals surface area contributed by atoms with Crippen LogP contribution in [0.2, 0.25) is 0 Å². The zero-order valence-electron chi connectivity index (χ0n) is 28.5. The van der Waals surface area contributed by atoms with Gasteiger partial charge >= 0.3 is 0 Å². The van der Waals surface area contributed by atoms with Gasteiger partial charge in [-0.3, -0.25) is 0 Å². The molecule has 3 aromatic carbocycles. The molecule has 1 N–H and O–H groups in total. The predicted octanol–water partition coefficient (Wildman–Crippen LogP) is 4.76. The van der Waals surface area contributed by atoms with Crippen molar-refractivity contribution in [1.29, 1.82) is 0 Å². The molecule has 0 unspecified atom stereocenters. The van der Waals surface area contributed by atoms with Gasteiger partial charge in [-0.25, -0.2) is 8.42 Å². The predicted molar refractivity (Wildman–Crippen MR) is 185 cm³/mol. The fourth-order valence-electron chi connectivity index (χ4n) is 6.40. The SMILES string of the molecule is COCCCN1CCOc2ccc(CO[C@H]3CN(S(=O)(=O)c4ccc(C)cc4)C[C@@H](O)[C@@H]3c3ccc(COC[C@@H](C)COC)cc3)cc21. The van der Waals surface area contributed by atoms with Crippen LogP contribution in [0.3, 0.4) is 0 Å². The third kappa shape index (κ3) is 9.15. The maximum atomic E-state index is 13.8. The number of ether oxygens (including phenoxy) is 5. The summed E-state index contributed by atoms with van der Waals surface area (Å²) >= 11 is 0. The second kappa shape index (κ2) is 17.1. The quantitative estimate of drug-likeness (QED) is 0.214. The van der Waals surface area contributed by atoms with Gasteiger partial charge in [0.1, 0.15) is 12.4 Å². The van der Waals surface area contributed by atoms with E-state index in [1.54, 1.807) is 38.5 Å². The molecule has 0 aliphatic carbocycles. The molecule has 2 aliphatic rings. The molecule has 4 atom stereocenters. The molecule has 0 amide bonds. The molecule has 0 radical (unpaired) electrons. The number of aliphatic hydroxyl groups excluding tert-OH is 1. The fourth-order valence-corrected chi connectivity index (χ4v) is 7.87. The van der Waals surface area contributed by atoms with Crippen LogP contribution in [0.15, 0.2) is 71.6 Å². The molecule has 1 fully saturated rings. The third-order valence-electron chi connectivity index (χ3n) is 8.96. The van der Waals surface area contributed by atoms with Gasteiger partial charge in [0.2, 0.25) is 10.0 Å². The van der Waals surface area contributed by atoms with Crippen LogP contribution in [0, 0.1) is 12.8 Å². The zero-order chi connectivity index (χ0) is 34.1. The number of hydrogen-bond acceptors (Lipinski definition) is 9. The molecule has 1 saturated heterocycles. The van der Waals surface area contributed by atoms with Crippen LogP contribution in [0.5, 0.6) is 5.75 Å². The Morgan fingerprint density at radius 2 is 1.69 bits per heavy atom. The number of anilines is 1. The number of benzene rings is 3. The monoisotopic (exact) mass is 682 g/mol. The topological polar surface area (TPSA) is 107 Å². The molecule has 3 aromatic rings. The molecule has 0 saturated carbocycles. The van der Waals surface area contributed by atoms with E-state index in [1.807, 2.05) is 43.3 Å². The summed E-state index contributed by atoms with van der Waals surface area (Å²) in [4.78, 5) is 2.50. The lowest BCUT2D eigenvalue weighted by molar-refractivity contribution is -0.0534. The van der Waals surface area contributed by atoms with Crippen molar-refractivity contribution in [2.24, 2.45) is 5.92 Å². The normalized spacial score (nSPS) is 20.7.